The Bertz CT molecular complexity index is 401. The first kappa shape index (κ1) is 9.95. The number of benzene rings is 1. The van der Waals surface area contributed by atoms with E-state index >= 15 is 0 Å². The van der Waals surface area contributed by atoms with Gasteiger partial charge >= 0.3 is 0 Å². The van der Waals surface area contributed by atoms with Gasteiger partial charge in [-0.05, 0) is 24.1 Å². The van der Waals surface area contributed by atoms with Gasteiger partial charge in [-0.25, -0.2) is 0 Å². The summed E-state index contributed by atoms with van der Waals surface area (Å²) in [4.78, 5) is 2.39. The molecule has 0 unspecified atom stereocenters. The Kier molecular flexibility index (Phi) is 3.16. The van der Waals surface area contributed by atoms with Crippen LogP contribution in [-0.2, 0) is 6.54 Å². The highest BCUT2D eigenvalue weighted by Gasteiger charge is 2.06. The summed E-state index contributed by atoms with van der Waals surface area (Å²) in [6.45, 7) is 3.09. The summed E-state index contributed by atoms with van der Waals surface area (Å²) in [7, 11) is 0. The zero-order valence-corrected chi connectivity index (χ0v) is 8.69. The van der Waals surface area contributed by atoms with Crippen molar-refractivity contribution in [3.63, 3.8) is 0 Å². The molecule has 2 heteroatoms. The van der Waals surface area contributed by atoms with Gasteiger partial charge in [0, 0.05) is 19.6 Å². The van der Waals surface area contributed by atoms with Gasteiger partial charge in [0.2, 0.25) is 0 Å². The summed E-state index contributed by atoms with van der Waals surface area (Å²) in [5, 5.41) is 8.79. The molecule has 76 valence electrons. The quantitative estimate of drug-likeness (QED) is 0.682. The molecule has 0 N–H and O–H groups in total. The van der Waals surface area contributed by atoms with E-state index in [0.29, 0.717) is 0 Å². The second-order valence-corrected chi connectivity index (χ2v) is 3.81. The van der Waals surface area contributed by atoms with Gasteiger partial charge in [-0.3, -0.25) is 4.90 Å². The van der Waals surface area contributed by atoms with Crippen LogP contribution in [0.3, 0.4) is 0 Å². The molecule has 0 fully saturated rings. The highest BCUT2D eigenvalue weighted by Crippen LogP contribution is 2.10. The first-order valence-corrected chi connectivity index (χ1v) is 5.25. The van der Waals surface area contributed by atoms with E-state index in [1.54, 1.807) is 0 Å². The van der Waals surface area contributed by atoms with E-state index in [-0.39, 0.29) is 0 Å². The molecule has 0 bridgehead atoms. The molecule has 15 heavy (non-hydrogen) atoms. The number of rotatable bonds is 2. The molecule has 1 aromatic rings. The lowest BCUT2D eigenvalue weighted by Gasteiger charge is -2.22. The van der Waals surface area contributed by atoms with E-state index in [2.05, 4.69) is 29.2 Å². The predicted octanol–water partition coefficient (Wildman–Crippen LogP) is 2.32. The molecule has 0 amide bonds. The molecule has 1 aliphatic rings. The van der Waals surface area contributed by atoms with Crippen molar-refractivity contribution in [3.05, 3.63) is 47.5 Å². The monoisotopic (exact) mass is 198 g/mol. The fraction of sp³-hybridized carbons (Fsp3) is 0.308. The van der Waals surface area contributed by atoms with Crippen LogP contribution in [0.4, 0.5) is 0 Å². The number of nitriles is 1. The third-order valence-corrected chi connectivity index (χ3v) is 2.60. The molecular weight excluding hydrogens is 184 g/mol. The minimum Gasteiger partial charge on any atom is -0.295 e. The van der Waals surface area contributed by atoms with Crippen molar-refractivity contribution >= 4 is 0 Å². The van der Waals surface area contributed by atoms with Gasteiger partial charge in [-0.2, -0.15) is 5.26 Å². The molecular formula is C13H14N2. The Labute approximate surface area is 90.4 Å². The Balaban J connectivity index is 2.04. The molecule has 0 spiro atoms. The first-order valence-electron chi connectivity index (χ1n) is 5.25. The van der Waals surface area contributed by atoms with Crippen LogP contribution in [0, 0.1) is 11.3 Å². The van der Waals surface area contributed by atoms with Crippen LogP contribution < -0.4 is 0 Å². The summed E-state index contributed by atoms with van der Waals surface area (Å²) >= 11 is 0. The molecule has 0 atom stereocenters. The molecule has 1 aliphatic heterocycles. The summed E-state index contributed by atoms with van der Waals surface area (Å²) in [6, 6.07) is 10.0. The number of hydrogen-bond donors (Lipinski definition) is 0. The predicted molar refractivity (Wildman–Crippen MR) is 60.2 cm³/mol. The minimum absolute atomic E-state index is 0.750. The fourth-order valence-corrected chi connectivity index (χ4v) is 1.83. The summed E-state index contributed by atoms with van der Waals surface area (Å²) in [5.41, 5.74) is 1.98. The largest absolute Gasteiger partial charge is 0.295 e. The van der Waals surface area contributed by atoms with E-state index in [1.807, 2.05) is 18.2 Å². The van der Waals surface area contributed by atoms with Crippen molar-refractivity contribution in [3.8, 4) is 6.07 Å². The molecule has 0 saturated heterocycles. The summed E-state index contributed by atoms with van der Waals surface area (Å²) < 4.78 is 0. The summed E-state index contributed by atoms with van der Waals surface area (Å²) in [5.74, 6) is 0. The summed E-state index contributed by atoms with van der Waals surface area (Å²) in [6.07, 6.45) is 5.57. The molecule has 2 rings (SSSR count). The van der Waals surface area contributed by atoms with Gasteiger partial charge in [0.1, 0.15) is 0 Å². The van der Waals surface area contributed by atoms with E-state index < -0.39 is 0 Å². The van der Waals surface area contributed by atoms with Crippen LogP contribution >= 0.6 is 0 Å². The number of hydrogen-bond acceptors (Lipinski definition) is 2. The highest BCUT2D eigenvalue weighted by molar-refractivity contribution is 5.32. The molecule has 0 aliphatic carbocycles. The SMILES string of the molecule is N#Cc1cccc(CN2CC=CCC2)c1. The van der Waals surface area contributed by atoms with Gasteiger partial charge in [0.25, 0.3) is 0 Å². The van der Waals surface area contributed by atoms with Crippen molar-refractivity contribution in [2.75, 3.05) is 13.1 Å². The maximum absolute atomic E-state index is 8.79. The lowest BCUT2D eigenvalue weighted by Crippen LogP contribution is -2.26. The Hall–Kier alpha value is -1.59. The van der Waals surface area contributed by atoms with E-state index in [1.165, 1.54) is 5.56 Å². The van der Waals surface area contributed by atoms with Crippen LogP contribution in [0.5, 0.6) is 0 Å². The van der Waals surface area contributed by atoms with Crippen LogP contribution in [0.25, 0.3) is 0 Å². The fourth-order valence-electron chi connectivity index (χ4n) is 1.83. The smallest absolute Gasteiger partial charge is 0.0991 e. The topological polar surface area (TPSA) is 27.0 Å². The maximum Gasteiger partial charge on any atom is 0.0991 e. The van der Waals surface area contributed by atoms with Crippen LogP contribution in [0.1, 0.15) is 17.5 Å². The van der Waals surface area contributed by atoms with Crippen LogP contribution in [0.2, 0.25) is 0 Å². The third-order valence-electron chi connectivity index (χ3n) is 2.60. The van der Waals surface area contributed by atoms with E-state index in [9.17, 15) is 0 Å². The Morgan fingerprint density at radius 2 is 2.27 bits per heavy atom. The zero-order valence-electron chi connectivity index (χ0n) is 8.69. The first-order chi connectivity index (χ1) is 7.38. The second-order valence-electron chi connectivity index (χ2n) is 3.81. The maximum atomic E-state index is 8.79. The van der Waals surface area contributed by atoms with E-state index in [0.717, 1.165) is 31.6 Å². The third kappa shape index (κ3) is 2.68. The van der Waals surface area contributed by atoms with E-state index in [4.69, 9.17) is 5.26 Å². The van der Waals surface area contributed by atoms with Gasteiger partial charge in [-0.1, -0.05) is 24.3 Å². The standard InChI is InChI=1S/C13H14N2/c14-10-12-5-4-6-13(9-12)11-15-7-2-1-3-8-15/h1-2,4-6,9H,3,7-8,11H2. The lowest BCUT2D eigenvalue weighted by atomic mass is 10.1. The van der Waals surface area contributed by atoms with Crippen LogP contribution in [-0.4, -0.2) is 18.0 Å². The zero-order chi connectivity index (χ0) is 10.5. The second kappa shape index (κ2) is 4.77. The van der Waals surface area contributed by atoms with Crippen molar-refractivity contribution in [2.45, 2.75) is 13.0 Å². The van der Waals surface area contributed by atoms with Gasteiger partial charge in [0.15, 0.2) is 0 Å². The van der Waals surface area contributed by atoms with Crippen molar-refractivity contribution in [2.24, 2.45) is 0 Å². The molecule has 0 aromatic heterocycles. The average molecular weight is 198 g/mol. The molecule has 1 heterocycles. The normalized spacial score (nSPS) is 16.2. The molecule has 2 nitrogen and oxygen atoms in total. The lowest BCUT2D eigenvalue weighted by molar-refractivity contribution is 0.291. The van der Waals surface area contributed by atoms with Gasteiger partial charge in [-0.15, -0.1) is 0 Å². The molecule has 1 aromatic carbocycles. The number of nitrogens with zero attached hydrogens (tertiary/aromatic N) is 2. The van der Waals surface area contributed by atoms with Crippen LogP contribution in [0.15, 0.2) is 36.4 Å². The minimum atomic E-state index is 0.750. The Morgan fingerprint density at radius 1 is 1.33 bits per heavy atom. The Morgan fingerprint density at radius 3 is 3.00 bits per heavy atom. The molecule has 0 radical (unpaired) electrons. The van der Waals surface area contributed by atoms with Crippen molar-refractivity contribution in [1.82, 2.24) is 4.90 Å². The van der Waals surface area contributed by atoms with Gasteiger partial charge < -0.3 is 0 Å². The molecule has 0 saturated carbocycles. The van der Waals surface area contributed by atoms with Crippen molar-refractivity contribution < 1.29 is 0 Å². The highest BCUT2D eigenvalue weighted by atomic mass is 15.1. The average Bonchev–Trinajstić information content (AvgIpc) is 2.31. The van der Waals surface area contributed by atoms with Gasteiger partial charge in [0.05, 0.1) is 11.6 Å². The van der Waals surface area contributed by atoms with Crippen molar-refractivity contribution in [1.29, 1.82) is 5.26 Å².